The van der Waals surface area contributed by atoms with Crippen molar-refractivity contribution in [2.45, 2.75) is 38.3 Å². The first kappa shape index (κ1) is 15.1. The molecule has 0 amide bonds. The molecule has 4 heteroatoms. The van der Waals surface area contributed by atoms with E-state index in [0.29, 0.717) is 6.10 Å². The molecule has 0 bridgehead atoms. The van der Waals surface area contributed by atoms with Crippen molar-refractivity contribution in [1.29, 1.82) is 0 Å². The lowest BCUT2D eigenvalue weighted by molar-refractivity contribution is 0.103. The highest BCUT2D eigenvalue weighted by atomic mass is 16.5. The van der Waals surface area contributed by atoms with Gasteiger partial charge in [0, 0.05) is 24.3 Å². The van der Waals surface area contributed by atoms with Gasteiger partial charge in [-0.3, -0.25) is 0 Å². The van der Waals surface area contributed by atoms with Crippen LogP contribution < -0.4 is 14.8 Å². The Hall–Kier alpha value is -1.26. The summed E-state index contributed by atoms with van der Waals surface area (Å²) in [6, 6.07) is 6.20. The summed E-state index contributed by atoms with van der Waals surface area (Å²) in [5, 5.41) is 3.54. The molecule has 2 atom stereocenters. The molecule has 0 radical (unpaired) electrons. The third-order valence-corrected chi connectivity index (χ3v) is 3.85. The molecular weight excluding hydrogens is 254 g/mol. The summed E-state index contributed by atoms with van der Waals surface area (Å²) in [6.07, 6.45) is 3.91. The van der Waals surface area contributed by atoms with E-state index in [0.717, 1.165) is 36.6 Å². The second-order valence-electron chi connectivity index (χ2n) is 5.21. The van der Waals surface area contributed by atoms with E-state index in [1.165, 1.54) is 12.8 Å². The number of nitrogens with one attached hydrogen (secondary N) is 1. The first-order chi connectivity index (χ1) is 9.74. The molecule has 1 aliphatic rings. The van der Waals surface area contributed by atoms with Crippen LogP contribution in [-0.2, 0) is 4.74 Å². The number of methoxy groups -OCH3 is 2. The molecule has 1 aromatic carbocycles. The quantitative estimate of drug-likeness (QED) is 0.833. The van der Waals surface area contributed by atoms with Crippen molar-refractivity contribution >= 4 is 0 Å². The lowest BCUT2D eigenvalue weighted by atomic mass is 10.1. The monoisotopic (exact) mass is 279 g/mol. The Morgan fingerprint density at radius 2 is 2.20 bits per heavy atom. The van der Waals surface area contributed by atoms with Crippen molar-refractivity contribution < 1.29 is 14.2 Å². The summed E-state index contributed by atoms with van der Waals surface area (Å²) in [5.74, 6) is 1.68. The third-order valence-electron chi connectivity index (χ3n) is 3.85. The maximum absolute atomic E-state index is 5.63. The van der Waals surface area contributed by atoms with Gasteiger partial charge >= 0.3 is 0 Å². The predicted octanol–water partition coefficient (Wildman–Crippen LogP) is 2.92. The van der Waals surface area contributed by atoms with Gasteiger partial charge in [-0.1, -0.05) is 6.07 Å². The summed E-state index contributed by atoms with van der Waals surface area (Å²) >= 11 is 0. The average molecular weight is 279 g/mol. The fraction of sp³-hybridized carbons (Fsp3) is 0.625. The summed E-state index contributed by atoms with van der Waals surface area (Å²) in [6.45, 7) is 4.04. The number of benzene rings is 1. The van der Waals surface area contributed by atoms with E-state index < -0.39 is 0 Å². The standard InChI is InChI=1S/C16H25NO3/c1-12(17-9-8-13-5-4-10-20-13)15-7-6-14(18-2)11-16(15)19-3/h6-7,11-13,17H,4-5,8-10H2,1-3H3. The second-order valence-corrected chi connectivity index (χ2v) is 5.21. The summed E-state index contributed by atoms with van der Waals surface area (Å²) < 4.78 is 16.3. The van der Waals surface area contributed by atoms with Crippen LogP contribution in [0.15, 0.2) is 18.2 Å². The fourth-order valence-corrected chi connectivity index (χ4v) is 2.62. The second kappa shape index (κ2) is 7.50. The molecule has 2 unspecified atom stereocenters. The van der Waals surface area contributed by atoms with Crippen molar-refractivity contribution in [3.8, 4) is 11.5 Å². The Kier molecular flexibility index (Phi) is 5.68. The van der Waals surface area contributed by atoms with Gasteiger partial charge in [0.15, 0.2) is 0 Å². The SMILES string of the molecule is COc1ccc(C(C)NCCC2CCCO2)c(OC)c1. The topological polar surface area (TPSA) is 39.7 Å². The maximum Gasteiger partial charge on any atom is 0.127 e. The smallest absolute Gasteiger partial charge is 0.127 e. The van der Waals surface area contributed by atoms with Crippen LogP contribution in [-0.4, -0.2) is 33.5 Å². The van der Waals surface area contributed by atoms with Gasteiger partial charge in [0.25, 0.3) is 0 Å². The minimum Gasteiger partial charge on any atom is -0.497 e. The Balaban J connectivity index is 1.88. The molecule has 112 valence electrons. The molecule has 4 nitrogen and oxygen atoms in total. The molecule has 1 aromatic rings. The number of ether oxygens (including phenoxy) is 3. The minimum atomic E-state index is 0.247. The normalized spacial score (nSPS) is 19.9. The highest BCUT2D eigenvalue weighted by Gasteiger charge is 2.16. The van der Waals surface area contributed by atoms with Crippen LogP contribution in [0.3, 0.4) is 0 Å². The summed E-state index contributed by atoms with van der Waals surface area (Å²) in [5.41, 5.74) is 1.15. The minimum absolute atomic E-state index is 0.247. The Labute approximate surface area is 121 Å². The Morgan fingerprint density at radius 3 is 2.85 bits per heavy atom. The van der Waals surface area contributed by atoms with Crippen molar-refractivity contribution in [3.63, 3.8) is 0 Å². The van der Waals surface area contributed by atoms with Gasteiger partial charge in [-0.25, -0.2) is 0 Å². The van der Waals surface area contributed by atoms with Crippen LogP contribution >= 0.6 is 0 Å². The largest absolute Gasteiger partial charge is 0.497 e. The maximum atomic E-state index is 5.63. The molecule has 1 aliphatic heterocycles. The molecule has 1 saturated heterocycles. The number of hydrogen-bond acceptors (Lipinski definition) is 4. The van der Waals surface area contributed by atoms with Gasteiger partial charge in [-0.2, -0.15) is 0 Å². The Morgan fingerprint density at radius 1 is 1.35 bits per heavy atom. The first-order valence-corrected chi connectivity index (χ1v) is 7.31. The zero-order valence-corrected chi connectivity index (χ0v) is 12.6. The van der Waals surface area contributed by atoms with Crippen LogP contribution in [0.25, 0.3) is 0 Å². The van der Waals surface area contributed by atoms with Gasteiger partial charge in [-0.05, 0) is 38.8 Å². The van der Waals surface area contributed by atoms with Crippen molar-refractivity contribution in [1.82, 2.24) is 5.32 Å². The summed E-state index contributed by atoms with van der Waals surface area (Å²) in [4.78, 5) is 0. The average Bonchev–Trinajstić information content (AvgIpc) is 2.99. The molecule has 1 heterocycles. The van der Waals surface area contributed by atoms with E-state index in [4.69, 9.17) is 14.2 Å². The van der Waals surface area contributed by atoms with E-state index in [1.807, 2.05) is 12.1 Å². The van der Waals surface area contributed by atoms with E-state index >= 15 is 0 Å². The summed E-state index contributed by atoms with van der Waals surface area (Å²) in [7, 11) is 3.36. The van der Waals surface area contributed by atoms with E-state index in [9.17, 15) is 0 Å². The lowest BCUT2D eigenvalue weighted by Gasteiger charge is -2.19. The molecule has 0 aliphatic carbocycles. The van der Waals surface area contributed by atoms with E-state index in [2.05, 4.69) is 18.3 Å². The van der Waals surface area contributed by atoms with Crippen LogP contribution in [0.2, 0.25) is 0 Å². The number of rotatable bonds is 7. The lowest BCUT2D eigenvalue weighted by Crippen LogP contribution is -2.23. The first-order valence-electron chi connectivity index (χ1n) is 7.31. The van der Waals surface area contributed by atoms with Gasteiger partial charge in [0.05, 0.1) is 20.3 Å². The molecule has 0 saturated carbocycles. The van der Waals surface area contributed by atoms with Gasteiger partial charge in [0.1, 0.15) is 11.5 Å². The van der Waals surface area contributed by atoms with Crippen LogP contribution in [0.4, 0.5) is 0 Å². The van der Waals surface area contributed by atoms with Gasteiger partial charge in [0.2, 0.25) is 0 Å². The highest BCUT2D eigenvalue weighted by molar-refractivity contribution is 5.42. The van der Waals surface area contributed by atoms with Crippen molar-refractivity contribution in [3.05, 3.63) is 23.8 Å². The van der Waals surface area contributed by atoms with Crippen molar-refractivity contribution in [2.75, 3.05) is 27.4 Å². The molecule has 1 fully saturated rings. The van der Waals surface area contributed by atoms with Gasteiger partial charge in [-0.15, -0.1) is 0 Å². The molecule has 20 heavy (non-hydrogen) atoms. The zero-order chi connectivity index (χ0) is 14.4. The molecular formula is C16H25NO3. The van der Waals surface area contributed by atoms with Crippen LogP contribution in [0, 0.1) is 0 Å². The molecule has 0 aromatic heterocycles. The molecule has 2 rings (SSSR count). The van der Waals surface area contributed by atoms with Crippen LogP contribution in [0.5, 0.6) is 11.5 Å². The highest BCUT2D eigenvalue weighted by Crippen LogP contribution is 2.29. The zero-order valence-electron chi connectivity index (χ0n) is 12.6. The van der Waals surface area contributed by atoms with Crippen molar-refractivity contribution in [2.24, 2.45) is 0 Å². The fourth-order valence-electron chi connectivity index (χ4n) is 2.62. The molecule has 0 spiro atoms. The molecule has 1 N–H and O–H groups in total. The number of hydrogen-bond donors (Lipinski definition) is 1. The van der Waals surface area contributed by atoms with E-state index in [-0.39, 0.29) is 6.04 Å². The third kappa shape index (κ3) is 3.87. The predicted molar refractivity (Wildman–Crippen MR) is 79.6 cm³/mol. The van der Waals surface area contributed by atoms with Gasteiger partial charge < -0.3 is 19.5 Å². The Bertz CT molecular complexity index is 416. The van der Waals surface area contributed by atoms with E-state index in [1.54, 1.807) is 14.2 Å². The van der Waals surface area contributed by atoms with Crippen LogP contribution in [0.1, 0.15) is 37.8 Å².